The molecule has 0 radical (unpaired) electrons. The van der Waals surface area contributed by atoms with E-state index < -0.39 is 6.10 Å². The van der Waals surface area contributed by atoms with Crippen LogP contribution in [0.25, 0.3) is 0 Å². The number of allylic oxidation sites excluding steroid dienone is 10. The molecule has 224 valence electrons. The van der Waals surface area contributed by atoms with E-state index in [0.29, 0.717) is 19.4 Å². The van der Waals surface area contributed by atoms with E-state index in [1.165, 1.54) is 64.2 Å². The van der Waals surface area contributed by atoms with E-state index in [0.717, 1.165) is 38.5 Å². The first-order valence-corrected chi connectivity index (χ1v) is 15.9. The Morgan fingerprint density at radius 3 is 1.74 bits per heavy atom. The van der Waals surface area contributed by atoms with E-state index in [1.54, 1.807) is 0 Å². The van der Waals surface area contributed by atoms with Gasteiger partial charge in [-0.1, -0.05) is 120 Å². The highest BCUT2D eigenvalue weighted by atomic mass is 16.6. The van der Waals surface area contributed by atoms with Gasteiger partial charge in [-0.15, -0.1) is 0 Å². The minimum atomic E-state index is -0.574. The third-order valence-corrected chi connectivity index (χ3v) is 6.34. The second-order valence-corrected chi connectivity index (χ2v) is 10.1. The van der Waals surface area contributed by atoms with Gasteiger partial charge in [-0.2, -0.15) is 0 Å². The first-order valence-electron chi connectivity index (χ1n) is 15.9. The van der Waals surface area contributed by atoms with Gasteiger partial charge >= 0.3 is 5.97 Å². The fourth-order valence-electron chi connectivity index (χ4n) is 3.98. The zero-order valence-electron chi connectivity index (χ0n) is 25.4. The molecule has 0 heterocycles. The van der Waals surface area contributed by atoms with Crippen LogP contribution in [0.5, 0.6) is 0 Å². The normalized spacial score (nSPS) is 13.2. The summed E-state index contributed by atoms with van der Waals surface area (Å²) >= 11 is 0. The van der Waals surface area contributed by atoms with E-state index >= 15 is 0 Å². The summed E-state index contributed by atoms with van der Waals surface area (Å²) in [4.78, 5) is 12.0. The lowest BCUT2D eigenvalue weighted by atomic mass is 10.1. The average Bonchev–Trinajstić information content (AvgIpc) is 2.94. The Morgan fingerprint density at radius 2 is 1.15 bits per heavy atom. The zero-order valence-corrected chi connectivity index (χ0v) is 25.4. The molecule has 0 aliphatic heterocycles. The first-order chi connectivity index (χ1) is 19.2. The lowest BCUT2D eigenvalue weighted by Gasteiger charge is -2.15. The van der Waals surface area contributed by atoms with Crippen LogP contribution in [0.15, 0.2) is 60.8 Å². The average molecular weight is 545 g/mol. The fourth-order valence-corrected chi connectivity index (χ4v) is 3.98. The van der Waals surface area contributed by atoms with Crippen LogP contribution >= 0.6 is 0 Å². The van der Waals surface area contributed by atoms with Gasteiger partial charge in [0.2, 0.25) is 0 Å². The maximum absolute atomic E-state index is 12.0. The Labute approximate surface area is 241 Å². The number of aliphatic hydroxyl groups is 1. The molecule has 0 fully saturated rings. The van der Waals surface area contributed by atoms with Gasteiger partial charge < -0.3 is 14.6 Å². The lowest BCUT2D eigenvalue weighted by molar-refractivity contribution is -0.154. The minimum Gasteiger partial charge on any atom is -0.457 e. The van der Waals surface area contributed by atoms with Crippen LogP contribution < -0.4 is 0 Å². The lowest BCUT2D eigenvalue weighted by Crippen LogP contribution is -2.27. The molecule has 0 amide bonds. The predicted octanol–water partition coefficient (Wildman–Crippen LogP) is 9.75. The Kier molecular flexibility index (Phi) is 30.7. The SMILES string of the molecule is CC/C=C\C/C=C\C/C=C\C/C=C\CCC(=O)OC(CO)COCCCCCCCC/C=C\CCCCCC. The Balaban J connectivity index is 3.60. The Morgan fingerprint density at radius 1 is 0.641 bits per heavy atom. The van der Waals surface area contributed by atoms with E-state index in [-0.39, 0.29) is 19.2 Å². The molecule has 4 nitrogen and oxygen atoms in total. The number of rotatable bonds is 28. The third kappa shape index (κ3) is 30.5. The van der Waals surface area contributed by atoms with Crippen LogP contribution in [-0.4, -0.2) is 37.0 Å². The van der Waals surface area contributed by atoms with Crippen molar-refractivity contribution >= 4 is 5.97 Å². The van der Waals surface area contributed by atoms with Crippen molar-refractivity contribution in [3.63, 3.8) is 0 Å². The van der Waals surface area contributed by atoms with Gasteiger partial charge in [0.05, 0.1) is 13.2 Å². The Hall–Kier alpha value is -1.91. The molecule has 0 aromatic rings. The quantitative estimate of drug-likeness (QED) is 0.0605. The number of esters is 1. The molecule has 39 heavy (non-hydrogen) atoms. The molecule has 0 rings (SSSR count). The molecule has 0 bridgehead atoms. The molecule has 1 atom stereocenters. The van der Waals surface area contributed by atoms with Crippen LogP contribution in [0.2, 0.25) is 0 Å². The molecule has 0 aromatic heterocycles. The second kappa shape index (κ2) is 32.3. The summed E-state index contributed by atoms with van der Waals surface area (Å²) in [6.45, 7) is 5.10. The van der Waals surface area contributed by atoms with Crippen molar-refractivity contribution in [2.45, 2.75) is 136 Å². The summed E-state index contributed by atoms with van der Waals surface area (Å²) in [5.41, 5.74) is 0. The predicted molar refractivity (Wildman–Crippen MR) is 168 cm³/mol. The number of hydrogen-bond donors (Lipinski definition) is 1. The second-order valence-electron chi connectivity index (χ2n) is 10.1. The minimum absolute atomic E-state index is 0.205. The summed E-state index contributed by atoms with van der Waals surface area (Å²) in [5, 5.41) is 9.49. The van der Waals surface area contributed by atoms with Crippen LogP contribution in [0.3, 0.4) is 0 Å². The number of hydrogen-bond acceptors (Lipinski definition) is 4. The molecule has 0 saturated heterocycles. The largest absolute Gasteiger partial charge is 0.457 e. The van der Waals surface area contributed by atoms with Gasteiger partial charge in [0.15, 0.2) is 0 Å². The van der Waals surface area contributed by atoms with Gasteiger partial charge in [0.25, 0.3) is 0 Å². The number of ether oxygens (including phenoxy) is 2. The van der Waals surface area contributed by atoms with Crippen molar-refractivity contribution in [2.75, 3.05) is 19.8 Å². The van der Waals surface area contributed by atoms with E-state index in [1.807, 2.05) is 6.08 Å². The Bertz CT molecular complexity index is 660. The summed E-state index contributed by atoms with van der Waals surface area (Å²) in [6, 6.07) is 0. The monoisotopic (exact) mass is 544 g/mol. The maximum atomic E-state index is 12.0. The van der Waals surface area contributed by atoms with Crippen molar-refractivity contribution in [1.82, 2.24) is 0 Å². The smallest absolute Gasteiger partial charge is 0.306 e. The molecule has 1 N–H and O–H groups in total. The fraction of sp³-hybridized carbons (Fsp3) is 0.686. The highest BCUT2D eigenvalue weighted by Crippen LogP contribution is 2.09. The molecular formula is C35H60O4. The van der Waals surface area contributed by atoms with Crippen LogP contribution in [-0.2, 0) is 14.3 Å². The van der Waals surface area contributed by atoms with E-state index in [2.05, 4.69) is 68.5 Å². The number of carbonyl (C=O) groups is 1. The van der Waals surface area contributed by atoms with Gasteiger partial charge in [-0.3, -0.25) is 4.79 Å². The van der Waals surface area contributed by atoms with Crippen LogP contribution in [0.4, 0.5) is 0 Å². The van der Waals surface area contributed by atoms with Crippen molar-refractivity contribution in [3.05, 3.63) is 60.8 Å². The molecular weight excluding hydrogens is 484 g/mol. The van der Waals surface area contributed by atoms with Gasteiger partial charge in [0.1, 0.15) is 6.10 Å². The van der Waals surface area contributed by atoms with Crippen molar-refractivity contribution in [2.24, 2.45) is 0 Å². The van der Waals surface area contributed by atoms with Gasteiger partial charge in [-0.25, -0.2) is 0 Å². The third-order valence-electron chi connectivity index (χ3n) is 6.34. The maximum Gasteiger partial charge on any atom is 0.306 e. The molecule has 0 aliphatic rings. The summed E-state index contributed by atoms with van der Waals surface area (Å²) in [7, 11) is 0. The van der Waals surface area contributed by atoms with Crippen molar-refractivity contribution in [3.8, 4) is 0 Å². The molecule has 0 aromatic carbocycles. The highest BCUT2D eigenvalue weighted by molar-refractivity contribution is 5.69. The molecule has 1 unspecified atom stereocenters. The number of carbonyl (C=O) groups excluding carboxylic acids is 1. The van der Waals surface area contributed by atoms with Crippen LogP contribution in [0.1, 0.15) is 129 Å². The first kappa shape index (κ1) is 37.1. The van der Waals surface area contributed by atoms with Crippen LogP contribution in [0, 0.1) is 0 Å². The number of unbranched alkanes of at least 4 members (excludes halogenated alkanes) is 10. The van der Waals surface area contributed by atoms with E-state index in [4.69, 9.17) is 9.47 Å². The summed E-state index contributed by atoms with van der Waals surface area (Å²) in [6.07, 6.45) is 41.2. The van der Waals surface area contributed by atoms with Gasteiger partial charge in [-0.05, 0) is 64.2 Å². The van der Waals surface area contributed by atoms with Gasteiger partial charge in [0, 0.05) is 13.0 Å². The summed E-state index contributed by atoms with van der Waals surface area (Å²) < 4.78 is 11.0. The molecule has 0 aliphatic carbocycles. The molecule has 0 saturated carbocycles. The highest BCUT2D eigenvalue weighted by Gasteiger charge is 2.13. The van der Waals surface area contributed by atoms with Crippen molar-refractivity contribution < 1.29 is 19.4 Å². The number of aliphatic hydroxyl groups excluding tert-OH is 1. The molecule has 4 heteroatoms. The summed E-state index contributed by atoms with van der Waals surface area (Å²) in [5.74, 6) is -0.286. The topological polar surface area (TPSA) is 55.8 Å². The van der Waals surface area contributed by atoms with Crippen molar-refractivity contribution in [1.29, 1.82) is 0 Å². The molecule has 0 spiro atoms. The standard InChI is InChI=1S/C35H60O4/c1-3-5-7-9-11-13-15-17-19-21-23-25-27-29-31-38-33-34(32-36)39-35(37)30-28-26-24-22-20-18-16-14-12-10-8-6-4-2/h6,8,12-15,18,20,24,26,34,36H,3-5,7,9-11,16-17,19,21-23,25,27-33H2,1-2H3/b8-6-,14-12-,15-13-,20-18-,26-24-. The zero-order chi connectivity index (χ0) is 28.5. The van der Waals surface area contributed by atoms with E-state index in [9.17, 15) is 9.90 Å².